The Kier molecular flexibility index (Phi) is 8.71. The van der Waals surface area contributed by atoms with Crippen LogP contribution in [0.15, 0.2) is 218 Å². The zero-order valence-electron chi connectivity index (χ0n) is 39.8. The molecule has 10 aromatic carbocycles. The van der Waals surface area contributed by atoms with Gasteiger partial charge in [-0.05, 0) is 157 Å². The first-order valence-electron chi connectivity index (χ1n) is 24.7. The molecule has 2 heteroatoms. The number of para-hydroxylation sites is 3. The molecule has 0 fully saturated rings. The molecule has 0 saturated heterocycles. The highest BCUT2D eigenvalue weighted by Gasteiger charge is 2.42. The van der Waals surface area contributed by atoms with Crippen LogP contribution in [-0.4, -0.2) is 9.13 Å². The molecule has 2 nitrogen and oxygen atoms in total. The molecule has 332 valence electrons. The van der Waals surface area contributed by atoms with Crippen LogP contribution in [0.3, 0.4) is 0 Å². The summed E-state index contributed by atoms with van der Waals surface area (Å²) in [5.41, 5.74) is 25.3. The lowest BCUT2D eigenvalue weighted by Gasteiger charge is -2.24. The van der Waals surface area contributed by atoms with Crippen molar-refractivity contribution in [2.24, 2.45) is 0 Å². The number of benzene rings is 10. The number of hydrogen-bond donors (Lipinski definition) is 0. The van der Waals surface area contributed by atoms with E-state index in [-0.39, 0.29) is 10.8 Å². The molecular formula is C68H50N2. The van der Waals surface area contributed by atoms with Gasteiger partial charge in [0.2, 0.25) is 0 Å². The van der Waals surface area contributed by atoms with Gasteiger partial charge in [0.1, 0.15) is 0 Å². The summed E-state index contributed by atoms with van der Waals surface area (Å²) in [6, 6.07) is 81.1. The first-order valence-corrected chi connectivity index (χ1v) is 24.7. The Balaban J connectivity index is 0.780. The van der Waals surface area contributed by atoms with Gasteiger partial charge in [-0.1, -0.05) is 179 Å². The van der Waals surface area contributed by atoms with Gasteiger partial charge >= 0.3 is 0 Å². The van der Waals surface area contributed by atoms with Gasteiger partial charge in [-0.3, -0.25) is 0 Å². The van der Waals surface area contributed by atoms with E-state index in [1.165, 1.54) is 133 Å². The van der Waals surface area contributed by atoms with E-state index in [0.717, 1.165) is 0 Å². The molecule has 0 amide bonds. The lowest BCUT2D eigenvalue weighted by molar-refractivity contribution is 0.652. The zero-order valence-corrected chi connectivity index (χ0v) is 39.8. The fraction of sp³-hybridized carbons (Fsp3) is 0.0882. The Morgan fingerprint density at radius 1 is 0.286 bits per heavy atom. The molecule has 0 saturated carbocycles. The van der Waals surface area contributed by atoms with Gasteiger partial charge in [0.25, 0.3) is 0 Å². The van der Waals surface area contributed by atoms with Crippen LogP contribution in [0.4, 0.5) is 0 Å². The highest BCUT2D eigenvalue weighted by molar-refractivity contribution is 6.11. The van der Waals surface area contributed by atoms with Gasteiger partial charge in [0.05, 0.1) is 22.1 Å². The molecular weight excluding hydrogens is 845 g/mol. The molecule has 0 N–H and O–H groups in total. The smallest absolute Gasteiger partial charge is 0.0541 e. The Hall–Kier alpha value is -8.46. The van der Waals surface area contributed by atoms with E-state index in [1.807, 2.05) is 0 Å². The Labute approximate surface area is 409 Å². The summed E-state index contributed by atoms with van der Waals surface area (Å²) in [5.74, 6) is 0. The summed E-state index contributed by atoms with van der Waals surface area (Å²) in [6.07, 6.45) is 4.56. The Morgan fingerprint density at radius 3 is 1.34 bits per heavy atom. The maximum atomic E-state index is 2.53. The van der Waals surface area contributed by atoms with Crippen molar-refractivity contribution >= 4 is 55.8 Å². The summed E-state index contributed by atoms with van der Waals surface area (Å²) in [5, 5.41) is 5.07. The van der Waals surface area contributed by atoms with Crippen LogP contribution < -0.4 is 0 Å². The van der Waals surface area contributed by atoms with E-state index in [1.54, 1.807) is 0 Å². The van der Waals surface area contributed by atoms with Crippen molar-refractivity contribution in [3.8, 4) is 55.9 Å². The number of fused-ring (bicyclic) bond motifs is 12. The van der Waals surface area contributed by atoms with E-state index in [9.17, 15) is 0 Å². The minimum absolute atomic E-state index is 0.146. The van der Waals surface area contributed by atoms with Crippen molar-refractivity contribution in [1.82, 2.24) is 9.13 Å². The third kappa shape index (κ3) is 5.99. The summed E-state index contributed by atoms with van der Waals surface area (Å²) in [7, 11) is 0. The Morgan fingerprint density at radius 2 is 0.700 bits per heavy atom. The number of nitrogens with zero attached hydrogens (tertiary/aromatic N) is 2. The number of hydrogen-bond acceptors (Lipinski definition) is 0. The molecule has 70 heavy (non-hydrogen) atoms. The molecule has 0 bridgehead atoms. The fourth-order valence-electron chi connectivity index (χ4n) is 12.3. The average Bonchev–Trinajstić information content (AvgIpc) is 4.06. The highest BCUT2D eigenvalue weighted by atomic mass is 15.0. The second kappa shape index (κ2) is 15.0. The molecule has 0 atom stereocenters. The van der Waals surface area contributed by atoms with Crippen molar-refractivity contribution in [3.63, 3.8) is 0 Å². The Bertz CT molecular complexity index is 4140. The normalized spacial score (nSPS) is 14.2. The molecule has 2 heterocycles. The van der Waals surface area contributed by atoms with Crippen molar-refractivity contribution < 1.29 is 0 Å². The van der Waals surface area contributed by atoms with Crippen molar-refractivity contribution in [1.29, 1.82) is 0 Å². The van der Waals surface area contributed by atoms with Gasteiger partial charge < -0.3 is 9.13 Å². The first kappa shape index (κ1) is 40.6. The summed E-state index contributed by atoms with van der Waals surface area (Å²) >= 11 is 0. The van der Waals surface area contributed by atoms with E-state index in [0.29, 0.717) is 0 Å². The van der Waals surface area contributed by atoms with Crippen LogP contribution in [0.1, 0.15) is 61.1 Å². The highest BCUT2D eigenvalue weighted by Crippen LogP contribution is 2.56. The molecule has 0 aliphatic heterocycles. The van der Waals surface area contributed by atoms with Gasteiger partial charge in [0.15, 0.2) is 0 Å². The maximum Gasteiger partial charge on any atom is 0.0541 e. The molecule has 0 unspecified atom stereocenters. The largest absolute Gasteiger partial charge is 0.309 e. The quantitative estimate of drug-likeness (QED) is 0.147. The minimum atomic E-state index is -0.161. The number of aromatic nitrogens is 2. The van der Waals surface area contributed by atoms with Gasteiger partial charge in [-0.15, -0.1) is 0 Å². The summed E-state index contributed by atoms with van der Waals surface area (Å²) in [6.45, 7) is 9.65. The van der Waals surface area contributed by atoms with E-state index in [2.05, 4.69) is 267 Å². The maximum absolute atomic E-state index is 2.53. The third-order valence-electron chi connectivity index (χ3n) is 15.9. The monoisotopic (exact) mass is 894 g/mol. The molecule has 0 radical (unpaired) electrons. The van der Waals surface area contributed by atoms with Crippen LogP contribution in [0.2, 0.25) is 0 Å². The molecule has 12 aromatic rings. The average molecular weight is 895 g/mol. The van der Waals surface area contributed by atoms with Crippen molar-refractivity contribution in [3.05, 3.63) is 252 Å². The molecule has 0 spiro atoms. The minimum Gasteiger partial charge on any atom is -0.309 e. The second-order valence-corrected chi connectivity index (χ2v) is 20.6. The van der Waals surface area contributed by atoms with E-state index >= 15 is 0 Å². The van der Waals surface area contributed by atoms with Crippen LogP contribution in [0.5, 0.6) is 0 Å². The fourth-order valence-corrected chi connectivity index (χ4v) is 12.3. The van der Waals surface area contributed by atoms with Crippen LogP contribution in [0, 0.1) is 0 Å². The second-order valence-electron chi connectivity index (χ2n) is 20.6. The van der Waals surface area contributed by atoms with Crippen molar-refractivity contribution in [2.75, 3.05) is 0 Å². The zero-order chi connectivity index (χ0) is 46.9. The van der Waals surface area contributed by atoms with Crippen LogP contribution in [0.25, 0.3) is 112 Å². The molecule has 14 rings (SSSR count). The lowest BCUT2D eigenvalue weighted by atomic mass is 9.79. The van der Waals surface area contributed by atoms with Crippen LogP contribution in [-0.2, 0) is 10.8 Å². The van der Waals surface area contributed by atoms with Crippen LogP contribution >= 0.6 is 0 Å². The lowest BCUT2D eigenvalue weighted by Crippen LogP contribution is -2.17. The van der Waals surface area contributed by atoms with Crippen molar-refractivity contribution in [2.45, 2.75) is 38.5 Å². The third-order valence-corrected chi connectivity index (χ3v) is 15.9. The molecule has 2 aliphatic carbocycles. The van der Waals surface area contributed by atoms with Gasteiger partial charge in [0, 0.05) is 43.7 Å². The molecule has 2 aromatic heterocycles. The standard InChI is InChI=1S/C68H50N2/c1-67(2)59-38-44(24-23-43-26-35-65-57(37-43)53-19-11-13-21-63(53)69(65)49-17-9-6-10-18-49)25-33-51(59)55-41-62-56(42-61(55)67)52-34-29-48(40-60(52)68(62,3)4)47-30-36-66-58(39-47)54-20-12-14-22-64(54)70(66)50-31-27-46(28-32-50)45-15-7-5-8-16-45/h5-42H,1-4H3/b24-23+. The van der Waals surface area contributed by atoms with Gasteiger partial charge in [-0.2, -0.15) is 0 Å². The predicted octanol–water partition coefficient (Wildman–Crippen LogP) is 18.0. The first-order chi connectivity index (χ1) is 34.2. The van der Waals surface area contributed by atoms with E-state index in [4.69, 9.17) is 0 Å². The van der Waals surface area contributed by atoms with E-state index < -0.39 is 0 Å². The topological polar surface area (TPSA) is 9.86 Å². The van der Waals surface area contributed by atoms with Gasteiger partial charge in [-0.25, -0.2) is 0 Å². The SMILES string of the molecule is CC1(C)c2cc(/C=C/c3ccc4c(c3)c3ccccc3n4-c3ccccc3)ccc2-c2cc3c(cc21)-c1ccc(-c2ccc4c(c2)c2ccccc2n4-c2ccc(-c4ccccc4)cc2)cc1C3(C)C. The summed E-state index contributed by atoms with van der Waals surface area (Å²) < 4.78 is 4.79. The number of rotatable bonds is 6. The molecule has 2 aliphatic rings. The summed E-state index contributed by atoms with van der Waals surface area (Å²) in [4.78, 5) is 0. The predicted molar refractivity (Wildman–Crippen MR) is 296 cm³/mol.